The molecule has 1 heterocycles. The number of carbonyl (C=O) groups is 1. The van der Waals surface area contributed by atoms with Gasteiger partial charge in [0.05, 0.1) is 17.2 Å². The largest absolute Gasteiger partial charge is 0.460 e. The number of nitro groups is 1. The fraction of sp³-hybridized carbons (Fsp3) is 0.130. The summed E-state index contributed by atoms with van der Waals surface area (Å²) in [6.07, 6.45) is -0.482. The van der Waals surface area contributed by atoms with Crippen molar-refractivity contribution in [2.24, 2.45) is 5.10 Å². The van der Waals surface area contributed by atoms with Crippen LogP contribution in [0.3, 0.4) is 0 Å². The van der Waals surface area contributed by atoms with Gasteiger partial charge >= 0.3 is 5.97 Å². The number of non-ortho nitro benzene ring substituents is 1. The molecule has 1 aliphatic heterocycles. The number of carbonyl (C=O) groups excluding carboxylic acids is 1. The highest BCUT2D eigenvalue weighted by molar-refractivity contribution is 6.42. The van der Waals surface area contributed by atoms with Gasteiger partial charge in [-0.15, -0.1) is 5.10 Å². The van der Waals surface area contributed by atoms with Crippen LogP contribution in [0, 0.1) is 10.1 Å². The van der Waals surface area contributed by atoms with E-state index in [0.717, 1.165) is 11.3 Å². The highest BCUT2D eigenvalue weighted by atomic mass is 16.6. The molecular weight excluding hydrogens is 396 g/mol. The number of hydrogen-bond donors (Lipinski definition) is 0. The van der Waals surface area contributed by atoms with Crippen molar-refractivity contribution in [3.05, 3.63) is 101 Å². The van der Waals surface area contributed by atoms with Crippen LogP contribution in [-0.4, -0.2) is 23.3 Å². The van der Waals surface area contributed by atoms with Gasteiger partial charge in [-0.05, 0) is 36.8 Å². The van der Waals surface area contributed by atoms with Crippen LogP contribution in [0.25, 0.3) is 0 Å². The number of ether oxygens (including phenoxy) is 1. The molecule has 1 atom stereocenters. The number of amidine groups is 1. The Labute approximate surface area is 179 Å². The second-order valence-corrected chi connectivity index (χ2v) is 6.75. The maximum absolute atomic E-state index is 12.8. The Morgan fingerprint density at radius 3 is 2.16 bits per heavy atom. The van der Waals surface area contributed by atoms with Crippen molar-refractivity contribution < 1.29 is 14.5 Å². The SMILES string of the molecule is CCOC(=O)C1=NN(c2ccc([N+](=O)[O-])cc2)C(c2ccccc2)N1c1ccccc1. The average Bonchev–Trinajstić information content (AvgIpc) is 3.21. The number of nitro benzene ring substituents is 1. The van der Waals surface area contributed by atoms with Crippen molar-refractivity contribution in [2.75, 3.05) is 16.5 Å². The molecule has 3 aromatic rings. The number of anilines is 2. The van der Waals surface area contributed by atoms with Gasteiger partial charge in [-0.2, -0.15) is 0 Å². The Kier molecular flexibility index (Phi) is 5.61. The molecule has 4 rings (SSSR count). The van der Waals surface area contributed by atoms with Crippen molar-refractivity contribution in [1.82, 2.24) is 0 Å². The quantitative estimate of drug-likeness (QED) is 0.334. The summed E-state index contributed by atoms with van der Waals surface area (Å²) in [5.41, 5.74) is 2.26. The third kappa shape index (κ3) is 3.95. The first-order valence-electron chi connectivity index (χ1n) is 9.79. The zero-order valence-corrected chi connectivity index (χ0v) is 16.8. The summed E-state index contributed by atoms with van der Waals surface area (Å²) in [5.74, 6) is -0.406. The number of hydrazone groups is 1. The number of nitrogens with zero attached hydrogens (tertiary/aromatic N) is 4. The highest BCUT2D eigenvalue weighted by Gasteiger charge is 2.41. The van der Waals surface area contributed by atoms with Gasteiger partial charge in [-0.1, -0.05) is 48.5 Å². The van der Waals surface area contributed by atoms with Crippen LogP contribution >= 0.6 is 0 Å². The Morgan fingerprint density at radius 1 is 0.968 bits per heavy atom. The van der Waals surface area contributed by atoms with E-state index in [-0.39, 0.29) is 18.1 Å². The second-order valence-electron chi connectivity index (χ2n) is 6.75. The summed E-state index contributed by atoms with van der Waals surface area (Å²) in [6, 6.07) is 25.2. The Bertz CT molecular complexity index is 1100. The van der Waals surface area contributed by atoms with E-state index in [0.29, 0.717) is 5.69 Å². The van der Waals surface area contributed by atoms with Crippen LogP contribution in [0.5, 0.6) is 0 Å². The van der Waals surface area contributed by atoms with Crippen LogP contribution in [0.4, 0.5) is 17.1 Å². The first-order chi connectivity index (χ1) is 15.1. The zero-order chi connectivity index (χ0) is 21.8. The molecule has 1 aliphatic rings. The smallest absolute Gasteiger partial charge is 0.376 e. The fourth-order valence-electron chi connectivity index (χ4n) is 3.46. The molecule has 0 bridgehead atoms. The topological polar surface area (TPSA) is 88.3 Å². The van der Waals surface area contributed by atoms with Crippen LogP contribution in [0.15, 0.2) is 90.0 Å². The van der Waals surface area contributed by atoms with Gasteiger partial charge < -0.3 is 4.74 Å². The molecule has 31 heavy (non-hydrogen) atoms. The van der Waals surface area contributed by atoms with E-state index in [9.17, 15) is 14.9 Å². The van der Waals surface area contributed by atoms with Crippen LogP contribution in [0.1, 0.15) is 18.7 Å². The Morgan fingerprint density at radius 2 is 1.58 bits per heavy atom. The third-order valence-electron chi connectivity index (χ3n) is 4.82. The summed E-state index contributed by atoms with van der Waals surface area (Å²) in [4.78, 5) is 25.2. The van der Waals surface area contributed by atoms with Crippen molar-refractivity contribution in [3.8, 4) is 0 Å². The van der Waals surface area contributed by atoms with E-state index in [1.54, 1.807) is 24.1 Å². The number of rotatable bonds is 6. The first-order valence-corrected chi connectivity index (χ1v) is 9.79. The lowest BCUT2D eigenvalue weighted by atomic mass is 10.1. The van der Waals surface area contributed by atoms with Crippen LogP contribution < -0.4 is 9.91 Å². The van der Waals surface area contributed by atoms with Crippen molar-refractivity contribution in [2.45, 2.75) is 13.1 Å². The molecule has 0 saturated carbocycles. The van der Waals surface area contributed by atoms with Crippen molar-refractivity contribution in [3.63, 3.8) is 0 Å². The minimum atomic E-state index is -0.545. The normalized spacial score (nSPS) is 15.5. The lowest BCUT2D eigenvalue weighted by Crippen LogP contribution is -2.39. The summed E-state index contributed by atoms with van der Waals surface area (Å²) in [6.45, 7) is 1.96. The molecule has 156 valence electrons. The maximum Gasteiger partial charge on any atom is 0.376 e. The van der Waals surface area contributed by atoms with Crippen LogP contribution in [0.2, 0.25) is 0 Å². The number of esters is 1. The van der Waals surface area contributed by atoms with Gasteiger partial charge in [0.25, 0.3) is 5.69 Å². The lowest BCUT2D eigenvalue weighted by Gasteiger charge is -2.31. The average molecular weight is 416 g/mol. The van der Waals surface area contributed by atoms with Crippen molar-refractivity contribution >= 4 is 28.9 Å². The summed E-state index contributed by atoms with van der Waals surface area (Å²) >= 11 is 0. The lowest BCUT2D eigenvalue weighted by molar-refractivity contribution is -0.384. The Hall–Kier alpha value is -4.20. The van der Waals surface area contributed by atoms with Crippen LogP contribution in [-0.2, 0) is 9.53 Å². The summed E-state index contributed by atoms with van der Waals surface area (Å²) in [7, 11) is 0. The predicted octanol–water partition coefficient (Wildman–Crippen LogP) is 4.50. The zero-order valence-electron chi connectivity index (χ0n) is 16.8. The van der Waals surface area contributed by atoms with E-state index in [4.69, 9.17) is 4.74 Å². The van der Waals surface area contributed by atoms with E-state index >= 15 is 0 Å². The van der Waals surface area contributed by atoms with Gasteiger partial charge in [-0.25, -0.2) is 9.80 Å². The fourth-order valence-corrected chi connectivity index (χ4v) is 3.46. The van der Waals surface area contributed by atoms with Gasteiger partial charge in [0.15, 0.2) is 6.17 Å². The number of para-hydroxylation sites is 1. The number of benzene rings is 3. The molecule has 1 unspecified atom stereocenters. The maximum atomic E-state index is 12.8. The van der Waals surface area contributed by atoms with Gasteiger partial charge in [0, 0.05) is 17.8 Å². The molecule has 0 spiro atoms. The minimum absolute atomic E-state index is 0.0197. The molecule has 0 aromatic heterocycles. The van der Waals surface area contributed by atoms with E-state index in [1.165, 1.54) is 12.1 Å². The van der Waals surface area contributed by atoms with Gasteiger partial charge in [0.1, 0.15) is 0 Å². The molecule has 0 amide bonds. The first kappa shape index (κ1) is 20.1. The summed E-state index contributed by atoms with van der Waals surface area (Å²) < 4.78 is 5.27. The molecule has 8 nitrogen and oxygen atoms in total. The molecule has 0 fully saturated rings. The van der Waals surface area contributed by atoms with E-state index < -0.39 is 17.1 Å². The molecule has 0 saturated heterocycles. The molecule has 3 aromatic carbocycles. The molecule has 0 aliphatic carbocycles. The molecule has 0 radical (unpaired) electrons. The molecule has 0 N–H and O–H groups in total. The molecule has 8 heteroatoms. The van der Waals surface area contributed by atoms with Gasteiger partial charge in [0.2, 0.25) is 5.84 Å². The second kappa shape index (κ2) is 8.66. The predicted molar refractivity (Wildman–Crippen MR) is 118 cm³/mol. The number of hydrogen-bond acceptors (Lipinski definition) is 7. The highest BCUT2D eigenvalue weighted by Crippen LogP contribution is 2.39. The minimum Gasteiger partial charge on any atom is -0.460 e. The Balaban J connectivity index is 1.86. The standard InChI is InChI=1S/C23H20N4O4/c1-2-31-23(28)21-24-26(19-13-15-20(16-14-19)27(29)30)22(17-9-5-3-6-10-17)25(21)18-11-7-4-8-12-18/h3-16,22H,2H2,1H3. The van der Waals surface area contributed by atoms with Crippen molar-refractivity contribution in [1.29, 1.82) is 0 Å². The third-order valence-corrected chi connectivity index (χ3v) is 4.82. The van der Waals surface area contributed by atoms with E-state index in [2.05, 4.69) is 5.10 Å². The monoisotopic (exact) mass is 416 g/mol. The van der Waals surface area contributed by atoms with Gasteiger partial charge in [-0.3, -0.25) is 15.0 Å². The summed E-state index contributed by atoms with van der Waals surface area (Å²) in [5, 5.41) is 17.3. The van der Waals surface area contributed by atoms with E-state index in [1.807, 2.05) is 65.6 Å². The molecular formula is C23H20N4O4.